The molecule has 0 saturated heterocycles. The molecule has 1 aliphatic rings. The number of carbonyl (C=O) groups excluding carboxylic acids is 1. The predicted molar refractivity (Wildman–Crippen MR) is 151 cm³/mol. The topological polar surface area (TPSA) is 90.1 Å². The van der Waals surface area contributed by atoms with Gasteiger partial charge in [0.1, 0.15) is 21.9 Å². The molecule has 0 spiro atoms. The van der Waals surface area contributed by atoms with Crippen molar-refractivity contribution >= 4 is 49.4 Å². The van der Waals surface area contributed by atoms with E-state index in [0.29, 0.717) is 6.61 Å². The van der Waals surface area contributed by atoms with Crippen molar-refractivity contribution in [3.05, 3.63) is 71.7 Å². The van der Waals surface area contributed by atoms with Crippen molar-refractivity contribution in [2.45, 2.75) is 56.9 Å². The second-order valence-electron chi connectivity index (χ2n) is 10.2. The first-order valence-corrected chi connectivity index (χ1v) is 14.4. The van der Waals surface area contributed by atoms with E-state index < -0.39 is 0 Å². The molecule has 1 amide bonds. The Labute approximate surface area is 229 Å². The third-order valence-corrected chi connectivity index (χ3v) is 8.88. The number of aromatic nitrogens is 3. The zero-order valence-corrected chi connectivity index (χ0v) is 23.1. The maximum Gasteiger partial charge on any atom is 0.230 e. The molecule has 9 heteroatoms. The molecule has 4 aromatic heterocycles. The maximum atomic E-state index is 12.8. The molecule has 1 aromatic carbocycles. The molecule has 6 rings (SSSR count). The number of hydrogen-bond acceptors (Lipinski definition) is 8. The van der Waals surface area contributed by atoms with Crippen LogP contribution in [0.4, 0.5) is 0 Å². The monoisotopic (exact) mass is 544 g/mol. The highest BCUT2D eigenvalue weighted by atomic mass is 32.2. The van der Waals surface area contributed by atoms with Gasteiger partial charge in [-0.2, -0.15) is 0 Å². The lowest BCUT2D eigenvalue weighted by molar-refractivity contribution is -0.119. The Morgan fingerprint density at radius 2 is 2.00 bits per heavy atom. The molecule has 0 aliphatic carbocycles. The number of hydrogen-bond donors (Lipinski definition) is 1. The van der Waals surface area contributed by atoms with E-state index in [-0.39, 0.29) is 23.3 Å². The minimum atomic E-state index is -0.297. The minimum Gasteiger partial charge on any atom is -0.463 e. The summed E-state index contributed by atoms with van der Waals surface area (Å²) in [6.07, 6.45) is 4.79. The summed E-state index contributed by atoms with van der Waals surface area (Å²) >= 11 is 3.01. The van der Waals surface area contributed by atoms with Gasteiger partial charge in [0.15, 0.2) is 5.76 Å². The molecule has 194 valence electrons. The number of fused-ring (bicyclic) bond motifs is 5. The van der Waals surface area contributed by atoms with Crippen molar-refractivity contribution in [3.63, 3.8) is 0 Å². The highest BCUT2D eigenvalue weighted by molar-refractivity contribution is 8.00. The Morgan fingerprint density at radius 3 is 2.79 bits per heavy atom. The Balaban J connectivity index is 1.30. The average Bonchev–Trinajstić information content (AvgIpc) is 3.55. The van der Waals surface area contributed by atoms with Gasteiger partial charge < -0.3 is 14.5 Å². The molecule has 5 aromatic rings. The molecule has 38 heavy (non-hydrogen) atoms. The van der Waals surface area contributed by atoms with E-state index in [1.54, 1.807) is 23.9 Å². The van der Waals surface area contributed by atoms with Gasteiger partial charge in [-0.1, -0.05) is 42.1 Å². The lowest BCUT2D eigenvalue weighted by Gasteiger charge is -2.32. The number of ether oxygens (including phenoxy) is 1. The van der Waals surface area contributed by atoms with Gasteiger partial charge in [-0.05, 0) is 50.5 Å². The van der Waals surface area contributed by atoms with Gasteiger partial charge in [0, 0.05) is 23.4 Å². The highest BCUT2D eigenvalue weighted by Crippen LogP contribution is 2.44. The fourth-order valence-electron chi connectivity index (χ4n) is 4.97. The Bertz CT molecular complexity index is 1610. The summed E-state index contributed by atoms with van der Waals surface area (Å²) in [5.74, 6) is 0.996. The summed E-state index contributed by atoms with van der Waals surface area (Å²) in [5, 5.41) is 4.96. The van der Waals surface area contributed by atoms with Crippen LogP contribution in [0.5, 0.6) is 0 Å². The molecule has 1 N–H and O–H groups in total. The first-order valence-electron chi connectivity index (χ1n) is 12.6. The number of furan rings is 1. The minimum absolute atomic E-state index is 0.0131. The van der Waals surface area contributed by atoms with Gasteiger partial charge in [-0.3, -0.25) is 4.79 Å². The number of thioether (sulfide) groups is 1. The first kappa shape index (κ1) is 25.0. The van der Waals surface area contributed by atoms with Crippen LogP contribution in [0.25, 0.3) is 31.9 Å². The quantitative estimate of drug-likeness (QED) is 0.193. The van der Waals surface area contributed by atoms with Gasteiger partial charge >= 0.3 is 0 Å². The average molecular weight is 545 g/mol. The summed E-state index contributed by atoms with van der Waals surface area (Å²) < 4.78 is 12.8. The summed E-state index contributed by atoms with van der Waals surface area (Å²) in [4.78, 5) is 27.9. The number of nitrogens with one attached hydrogen (secondary N) is 1. The summed E-state index contributed by atoms with van der Waals surface area (Å²) in [7, 11) is 0. The zero-order valence-electron chi connectivity index (χ0n) is 21.5. The van der Waals surface area contributed by atoms with Crippen molar-refractivity contribution in [2.24, 2.45) is 0 Å². The number of thiophene rings is 1. The standard InChI is InChI=1S/C29H28N4O3S2/c1-17(12-18-8-5-4-6-9-18)32-22(34)15-37-28-26-25(30-16-31-28)23-19-13-29(2,3)36-14-20(19)24(33-27(23)38-26)21-10-7-11-35-21/h4-11,16-17H,12-15H2,1-3H3,(H,32,34)/t17-/m0/s1. The molecule has 0 radical (unpaired) electrons. The van der Waals surface area contributed by atoms with Crippen LogP contribution in [-0.2, 0) is 29.0 Å². The van der Waals surface area contributed by atoms with E-state index >= 15 is 0 Å². The third-order valence-electron chi connectivity index (χ3n) is 6.68. The Hall–Kier alpha value is -3.27. The lowest BCUT2D eigenvalue weighted by atomic mass is 9.89. The predicted octanol–water partition coefficient (Wildman–Crippen LogP) is 6.19. The van der Waals surface area contributed by atoms with Crippen LogP contribution in [0, 0.1) is 0 Å². The van der Waals surface area contributed by atoms with Gasteiger partial charge in [-0.15, -0.1) is 11.3 Å². The zero-order chi connectivity index (χ0) is 26.3. The molecule has 0 fully saturated rings. The van der Waals surface area contributed by atoms with Crippen LogP contribution in [0.3, 0.4) is 0 Å². The maximum absolute atomic E-state index is 12.8. The number of carbonyl (C=O) groups is 1. The van der Waals surface area contributed by atoms with E-state index in [1.807, 2.05) is 37.3 Å². The number of amides is 1. The van der Waals surface area contributed by atoms with Crippen LogP contribution in [0.2, 0.25) is 0 Å². The van der Waals surface area contributed by atoms with Crippen molar-refractivity contribution in [1.29, 1.82) is 0 Å². The van der Waals surface area contributed by atoms with E-state index in [9.17, 15) is 4.79 Å². The largest absolute Gasteiger partial charge is 0.463 e. The van der Waals surface area contributed by atoms with Crippen molar-refractivity contribution < 1.29 is 13.9 Å². The van der Waals surface area contributed by atoms with Crippen LogP contribution >= 0.6 is 23.1 Å². The number of nitrogens with zero attached hydrogens (tertiary/aromatic N) is 3. The fourth-order valence-corrected chi connectivity index (χ4v) is 7.02. The molecular formula is C29H28N4O3S2. The number of pyridine rings is 1. The molecule has 1 aliphatic heterocycles. The van der Waals surface area contributed by atoms with Gasteiger partial charge in [0.2, 0.25) is 5.91 Å². The van der Waals surface area contributed by atoms with Crippen LogP contribution in [-0.4, -0.2) is 38.3 Å². The van der Waals surface area contributed by atoms with E-state index in [0.717, 1.165) is 55.3 Å². The smallest absolute Gasteiger partial charge is 0.230 e. The summed E-state index contributed by atoms with van der Waals surface area (Å²) in [5.41, 5.74) is 4.85. The first-order chi connectivity index (χ1) is 18.4. The SMILES string of the molecule is C[C@@H](Cc1ccccc1)NC(=O)CSc1ncnc2c1sc1nc(-c3ccco3)c3c(c12)CC(C)(C)OC3. The Morgan fingerprint density at radius 1 is 1.16 bits per heavy atom. The second-order valence-corrected chi connectivity index (χ2v) is 12.2. The molecule has 1 atom stereocenters. The second kappa shape index (κ2) is 10.1. The molecular weight excluding hydrogens is 516 g/mol. The molecule has 0 bridgehead atoms. The normalized spacial score (nSPS) is 15.4. The molecule has 7 nitrogen and oxygen atoms in total. The van der Waals surface area contributed by atoms with Crippen molar-refractivity contribution in [1.82, 2.24) is 20.3 Å². The molecule has 0 unspecified atom stereocenters. The molecule has 5 heterocycles. The van der Waals surface area contributed by atoms with Gasteiger partial charge in [0.05, 0.1) is 34.4 Å². The van der Waals surface area contributed by atoms with E-state index in [4.69, 9.17) is 14.1 Å². The van der Waals surface area contributed by atoms with E-state index in [1.165, 1.54) is 22.9 Å². The van der Waals surface area contributed by atoms with Crippen molar-refractivity contribution in [3.8, 4) is 11.5 Å². The number of rotatable bonds is 7. The third kappa shape index (κ3) is 4.93. The van der Waals surface area contributed by atoms with Gasteiger partial charge in [-0.25, -0.2) is 15.0 Å². The summed E-state index contributed by atoms with van der Waals surface area (Å²) in [6, 6.07) is 14.0. The summed E-state index contributed by atoms with van der Waals surface area (Å²) in [6.45, 7) is 6.71. The van der Waals surface area contributed by atoms with Crippen molar-refractivity contribution in [2.75, 3.05) is 5.75 Å². The van der Waals surface area contributed by atoms with Crippen LogP contribution < -0.4 is 5.32 Å². The van der Waals surface area contributed by atoms with E-state index in [2.05, 4.69) is 41.3 Å². The van der Waals surface area contributed by atoms with Crippen LogP contribution in [0.1, 0.15) is 37.5 Å². The fraction of sp³-hybridized carbons (Fsp3) is 0.310. The number of benzene rings is 1. The molecule has 0 saturated carbocycles. The lowest BCUT2D eigenvalue weighted by Crippen LogP contribution is -2.35. The Kier molecular flexibility index (Phi) is 6.67. The van der Waals surface area contributed by atoms with Crippen LogP contribution in [0.15, 0.2) is 64.5 Å². The highest BCUT2D eigenvalue weighted by Gasteiger charge is 2.32. The van der Waals surface area contributed by atoms with Gasteiger partial charge in [0.25, 0.3) is 0 Å².